The maximum Gasteiger partial charge on any atom is 0.251 e. The Morgan fingerprint density at radius 1 is 1.08 bits per heavy atom. The highest BCUT2D eigenvalue weighted by Gasteiger charge is 2.10. The summed E-state index contributed by atoms with van der Waals surface area (Å²) < 4.78 is 1.48. The molecule has 5 heteroatoms. The molecule has 3 aromatic rings. The third-order valence-electron chi connectivity index (χ3n) is 3.98. The number of hydrogen-bond acceptors (Lipinski definition) is 2. The Bertz CT molecular complexity index is 992. The second kappa shape index (κ2) is 6.49. The number of hydrogen-bond donors (Lipinski definition) is 1. The predicted octanol–water partition coefficient (Wildman–Crippen LogP) is 3.91. The van der Waals surface area contributed by atoms with Crippen LogP contribution in [0.15, 0.2) is 53.3 Å². The van der Waals surface area contributed by atoms with Gasteiger partial charge in [0.25, 0.3) is 5.56 Å². The van der Waals surface area contributed by atoms with Gasteiger partial charge in [-0.15, -0.1) is 0 Å². The van der Waals surface area contributed by atoms with Gasteiger partial charge < -0.3 is 5.32 Å². The summed E-state index contributed by atoms with van der Waals surface area (Å²) >= 11 is 6.07. The zero-order valence-corrected chi connectivity index (χ0v) is 14.2. The zero-order chi connectivity index (χ0) is 17.3. The van der Waals surface area contributed by atoms with Crippen molar-refractivity contribution in [1.29, 1.82) is 0 Å². The molecule has 3 rings (SSSR count). The third-order valence-corrected chi connectivity index (χ3v) is 4.39. The lowest BCUT2D eigenvalue weighted by molar-refractivity contribution is -0.116. The molecule has 0 spiro atoms. The van der Waals surface area contributed by atoms with Crippen LogP contribution in [-0.2, 0) is 11.3 Å². The van der Waals surface area contributed by atoms with Crippen LogP contribution in [-0.4, -0.2) is 10.5 Å². The number of carbonyl (C=O) groups is 1. The first kappa shape index (κ1) is 16.3. The molecule has 0 saturated heterocycles. The van der Waals surface area contributed by atoms with E-state index in [1.165, 1.54) is 4.57 Å². The number of aromatic nitrogens is 1. The number of rotatable bonds is 3. The van der Waals surface area contributed by atoms with Crippen LogP contribution in [0.5, 0.6) is 0 Å². The summed E-state index contributed by atoms with van der Waals surface area (Å²) in [4.78, 5) is 24.6. The van der Waals surface area contributed by atoms with Gasteiger partial charge in [0.1, 0.15) is 6.54 Å². The molecule has 24 heavy (non-hydrogen) atoms. The summed E-state index contributed by atoms with van der Waals surface area (Å²) in [6.07, 6.45) is 0. The molecule has 0 fully saturated rings. The summed E-state index contributed by atoms with van der Waals surface area (Å²) in [7, 11) is 0. The lowest BCUT2D eigenvalue weighted by atomic mass is 10.1. The van der Waals surface area contributed by atoms with E-state index in [0.29, 0.717) is 10.7 Å². The van der Waals surface area contributed by atoms with Crippen LogP contribution in [0.2, 0.25) is 5.02 Å². The molecule has 0 saturated carbocycles. The van der Waals surface area contributed by atoms with Gasteiger partial charge in [-0.25, -0.2) is 0 Å². The van der Waals surface area contributed by atoms with Gasteiger partial charge in [-0.2, -0.15) is 0 Å². The van der Waals surface area contributed by atoms with Crippen molar-refractivity contribution in [2.45, 2.75) is 20.4 Å². The predicted molar refractivity (Wildman–Crippen MR) is 97.8 cm³/mol. The lowest BCUT2D eigenvalue weighted by Gasteiger charge is -2.12. The molecule has 2 aromatic carbocycles. The smallest absolute Gasteiger partial charge is 0.251 e. The van der Waals surface area contributed by atoms with Crippen molar-refractivity contribution in [3.8, 4) is 0 Å². The number of fused-ring (bicyclic) bond motifs is 1. The van der Waals surface area contributed by atoms with Crippen LogP contribution in [0.4, 0.5) is 5.69 Å². The minimum Gasteiger partial charge on any atom is -0.324 e. The topological polar surface area (TPSA) is 51.1 Å². The third kappa shape index (κ3) is 3.19. The SMILES string of the molecule is Cc1ccc(NC(=O)Cn2c(=O)cc(C)c3ccccc32)cc1Cl. The van der Waals surface area contributed by atoms with Crippen LogP contribution in [0.3, 0.4) is 0 Å². The highest BCUT2D eigenvalue weighted by molar-refractivity contribution is 6.31. The fraction of sp³-hybridized carbons (Fsp3) is 0.158. The largest absolute Gasteiger partial charge is 0.324 e. The van der Waals surface area contributed by atoms with Gasteiger partial charge in [0.2, 0.25) is 5.91 Å². The molecule has 0 aliphatic heterocycles. The molecule has 1 amide bonds. The van der Waals surface area contributed by atoms with E-state index in [-0.39, 0.29) is 18.0 Å². The molecule has 1 aromatic heterocycles. The van der Waals surface area contributed by atoms with Crippen LogP contribution in [0, 0.1) is 13.8 Å². The fourth-order valence-corrected chi connectivity index (χ4v) is 2.86. The standard InChI is InChI=1S/C19H17ClN2O2/c1-12-7-8-14(10-16(12)20)21-18(23)11-22-17-6-4-3-5-15(17)13(2)9-19(22)24/h3-10H,11H2,1-2H3,(H,21,23). The van der Waals surface area contributed by atoms with Crippen molar-refractivity contribution in [1.82, 2.24) is 4.57 Å². The Balaban J connectivity index is 1.91. The molecule has 4 nitrogen and oxygen atoms in total. The van der Waals surface area contributed by atoms with Crippen LogP contribution < -0.4 is 10.9 Å². The van der Waals surface area contributed by atoms with Crippen LogP contribution in [0.1, 0.15) is 11.1 Å². The minimum atomic E-state index is -0.272. The molecule has 0 atom stereocenters. The fourth-order valence-electron chi connectivity index (χ4n) is 2.68. The number of pyridine rings is 1. The Hall–Kier alpha value is -2.59. The Labute approximate surface area is 144 Å². The number of benzene rings is 2. The molecule has 1 N–H and O–H groups in total. The first-order valence-corrected chi connectivity index (χ1v) is 7.98. The number of aryl methyl sites for hydroxylation is 2. The minimum absolute atomic E-state index is 0.0505. The Morgan fingerprint density at radius 2 is 1.83 bits per heavy atom. The van der Waals surface area contributed by atoms with E-state index < -0.39 is 0 Å². The van der Waals surface area contributed by atoms with Crippen molar-refractivity contribution in [3.63, 3.8) is 0 Å². The Morgan fingerprint density at radius 3 is 2.58 bits per heavy atom. The summed E-state index contributed by atoms with van der Waals surface area (Å²) in [5, 5.41) is 4.33. The summed E-state index contributed by atoms with van der Waals surface area (Å²) in [6, 6.07) is 14.4. The number of carbonyl (C=O) groups excluding carboxylic acids is 1. The maximum absolute atomic E-state index is 12.3. The maximum atomic E-state index is 12.3. The number of anilines is 1. The number of nitrogens with zero attached hydrogens (tertiary/aromatic N) is 1. The summed E-state index contributed by atoms with van der Waals surface area (Å²) in [6.45, 7) is 3.74. The average molecular weight is 341 g/mol. The lowest BCUT2D eigenvalue weighted by Crippen LogP contribution is -2.27. The normalized spacial score (nSPS) is 10.8. The number of nitrogens with one attached hydrogen (secondary N) is 1. The van der Waals surface area contributed by atoms with E-state index >= 15 is 0 Å². The van der Waals surface area contributed by atoms with Crippen molar-refractivity contribution >= 4 is 34.1 Å². The number of halogens is 1. The van der Waals surface area contributed by atoms with Gasteiger partial charge >= 0.3 is 0 Å². The van der Waals surface area contributed by atoms with Crippen LogP contribution >= 0.6 is 11.6 Å². The molecule has 0 radical (unpaired) electrons. The molecule has 1 heterocycles. The van der Waals surface area contributed by atoms with Gasteiger partial charge in [-0.1, -0.05) is 35.9 Å². The van der Waals surface area contributed by atoms with Gasteiger partial charge in [-0.3, -0.25) is 14.2 Å². The summed E-state index contributed by atoms with van der Waals surface area (Å²) in [5.74, 6) is -0.272. The molecular weight excluding hydrogens is 324 g/mol. The van der Waals surface area contributed by atoms with E-state index in [4.69, 9.17) is 11.6 Å². The monoisotopic (exact) mass is 340 g/mol. The average Bonchev–Trinajstić information content (AvgIpc) is 2.55. The van der Waals surface area contributed by atoms with E-state index in [2.05, 4.69) is 5.32 Å². The number of amides is 1. The van der Waals surface area contributed by atoms with Crippen LogP contribution in [0.25, 0.3) is 10.9 Å². The van der Waals surface area contributed by atoms with Gasteiger partial charge in [0.15, 0.2) is 0 Å². The molecule has 0 bridgehead atoms. The Kier molecular flexibility index (Phi) is 4.40. The van der Waals surface area contributed by atoms with Crippen molar-refractivity contribution in [3.05, 3.63) is 75.0 Å². The highest BCUT2D eigenvalue weighted by Crippen LogP contribution is 2.20. The van der Waals surface area contributed by atoms with Crippen molar-refractivity contribution in [2.24, 2.45) is 0 Å². The molecule has 0 aliphatic carbocycles. The molecule has 0 unspecified atom stereocenters. The van der Waals surface area contributed by atoms with E-state index in [9.17, 15) is 9.59 Å². The van der Waals surface area contributed by atoms with E-state index in [1.807, 2.05) is 44.2 Å². The molecular formula is C19H17ClN2O2. The van der Waals surface area contributed by atoms with Crippen molar-refractivity contribution in [2.75, 3.05) is 5.32 Å². The summed E-state index contributed by atoms with van der Waals surface area (Å²) in [5.41, 5.74) is 3.01. The van der Waals surface area contributed by atoms with E-state index in [0.717, 1.165) is 22.0 Å². The highest BCUT2D eigenvalue weighted by atomic mass is 35.5. The second-order valence-corrected chi connectivity index (χ2v) is 6.19. The van der Waals surface area contributed by atoms with E-state index in [1.54, 1.807) is 18.2 Å². The first-order valence-electron chi connectivity index (χ1n) is 7.61. The first-order chi connectivity index (χ1) is 11.5. The molecule has 122 valence electrons. The zero-order valence-electron chi connectivity index (χ0n) is 13.5. The second-order valence-electron chi connectivity index (χ2n) is 5.78. The quantitative estimate of drug-likeness (QED) is 0.786. The van der Waals surface area contributed by atoms with Gasteiger partial charge in [0, 0.05) is 22.2 Å². The van der Waals surface area contributed by atoms with Gasteiger partial charge in [0.05, 0.1) is 5.52 Å². The van der Waals surface area contributed by atoms with Gasteiger partial charge in [-0.05, 0) is 43.2 Å². The number of para-hydroxylation sites is 1. The molecule has 0 aliphatic rings. The van der Waals surface area contributed by atoms with Crippen molar-refractivity contribution < 1.29 is 4.79 Å².